The van der Waals surface area contributed by atoms with E-state index in [1.807, 2.05) is 6.92 Å². The first kappa shape index (κ1) is 16.5. The summed E-state index contributed by atoms with van der Waals surface area (Å²) < 4.78 is 10.4. The molecule has 0 aromatic heterocycles. The van der Waals surface area contributed by atoms with Crippen LogP contribution >= 0.6 is 0 Å². The molecule has 17 heavy (non-hydrogen) atoms. The maximum Gasteiger partial charge on any atom is 0.0547 e. The Morgan fingerprint density at radius 3 is 1.65 bits per heavy atom. The maximum absolute atomic E-state index is 5.28. The summed E-state index contributed by atoms with van der Waals surface area (Å²) in [5.74, 6) is 2.43. The molecule has 0 radical (unpaired) electrons. The number of rotatable bonds is 0. The highest BCUT2D eigenvalue weighted by molar-refractivity contribution is 4.80. The van der Waals surface area contributed by atoms with Crippen LogP contribution in [0.25, 0.3) is 0 Å². The number of terminal acetylenes is 1. The van der Waals surface area contributed by atoms with Crippen molar-refractivity contribution in [2.24, 2.45) is 0 Å². The van der Waals surface area contributed by atoms with Crippen LogP contribution in [0.2, 0.25) is 0 Å². The molecule has 0 saturated carbocycles. The highest BCUT2D eigenvalue weighted by Crippen LogP contribution is 2.10. The molecule has 0 bridgehead atoms. The van der Waals surface area contributed by atoms with Crippen molar-refractivity contribution in [3.05, 3.63) is 0 Å². The maximum atomic E-state index is 5.28. The Hall–Kier alpha value is -0.520. The first-order chi connectivity index (χ1) is 8.20. The fraction of sp³-hybridized carbons (Fsp3) is 0.867. The lowest BCUT2D eigenvalue weighted by Crippen LogP contribution is -2.14. The molecule has 2 rings (SSSR count). The van der Waals surface area contributed by atoms with Crippen molar-refractivity contribution in [2.75, 3.05) is 13.2 Å². The van der Waals surface area contributed by atoms with Crippen molar-refractivity contribution in [1.82, 2.24) is 0 Å². The van der Waals surface area contributed by atoms with Gasteiger partial charge in [0.2, 0.25) is 0 Å². The van der Waals surface area contributed by atoms with E-state index in [1.54, 1.807) is 0 Å². The molecule has 2 aliphatic rings. The van der Waals surface area contributed by atoms with Gasteiger partial charge in [-0.1, -0.05) is 6.92 Å². The Balaban J connectivity index is 0.000000236. The SMILES string of the molecule is C#CCC.CC1CCCCO1.CC1CCCO1. The number of hydrogen-bond donors (Lipinski definition) is 0. The van der Waals surface area contributed by atoms with Gasteiger partial charge < -0.3 is 9.47 Å². The number of hydrogen-bond acceptors (Lipinski definition) is 2. The fourth-order valence-corrected chi connectivity index (χ4v) is 1.64. The largest absolute Gasteiger partial charge is 0.379 e. The summed E-state index contributed by atoms with van der Waals surface area (Å²) in [6, 6.07) is 0. The minimum atomic E-state index is 0.536. The molecule has 100 valence electrons. The van der Waals surface area contributed by atoms with Gasteiger partial charge >= 0.3 is 0 Å². The van der Waals surface area contributed by atoms with Gasteiger partial charge in [0.1, 0.15) is 0 Å². The van der Waals surface area contributed by atoms with E-state index >= 15 is 0 Å². The minimum Gasteiger partial charge on any atom is -0.379 e. The van der Waals surface area contributed by atoms with Gasteiger partial charge in [0, 0.05) is 19.6 Å². The van der Waals surface area contributed by atoms with Crippen molar-refractivity contribution >= 4 is 0 Å². The van der Waals surface area contributed by atoms with Crippen molar-refractivity contribution in [2.45, 2.75) is 71.5 Å². The van der Waals surface area contributed by atoms with E-state index in [4.69, 9.17) is 15.9 Å². The molecule has 2 unspecified atom stereocenters. The van der Waals surface area contributed by atoms with Crippen LogP contribution in [-0.2, 0) is 9.47 Å². The van der Waals surface area contributed by atoms with Gasteiger partial charge in [-0.15, -0.1) is 12.3 Å². The lowest BCUT2D eigenvalue weighted by molar-refractivity contribution is 0.0285. The Morgan fingerprint density at radius 1 is 1.00 bits per heavy atom. The Labute approximate surface area is 107 Å². The summed E-state index contributed by atoms with van der Waals surface area (Å²) in [6.07, 6.45) is 13.1. The van der Waals surface area contributed by atoms with Crippen LogP contribution < -0.4 is 0 Å². The van der Waals surface area contributed by atoms with Gasteiger partial charge in [-0.25, -0.2) is 0 Å². The normalized spacial score (nSPS) is 26.9. The van der Waals surface area contributed by atoms with E-state index in [-0.39, 0.29) is 0 Å². The lowest BCUT2D eigenvalue weighted by atomic mass is 10.1. The summed E-state index contributed by atoms with van der Waals surface area (Å²) in [4.78, 5) is 0. The Morgan fingerprint density at radius 2 is 1.47 bits per heavy atom. The zero-order chi connectivity index (χ0) is 12.9. The molecule has 2 aliphatic heterocycles. The van der Waals surface area contributed by atoms with Gasteiger partial charge in [-0.05, 0) is 46.0 Å². The van der Waals surface area contributed by atoms with Gasteiger partial charge in [-0.3, -0.25) is 0 Å². The van der Waals surface area contributed by atoms with Crippen LogP contribution in [0, 0.1) is 12.3 Å². The van der Waals surface area contributed by atoms with Gasteiger partial charge in [0.05, 0.1) is 12.2 Å². The third kappa shape index (κ3) is 11.7. The molecule has 2 heteroatoms. The second-order valence-electron chi connectivity index (χ2n) is 4.56. The second-order valence-corrected chi connectivity index (χ2v) is 4.56. The van der Waals surface area contributed by atoms with Gasteiger partial charge in [0.25, 0.3) is 0 Å². The molecule has 0 aromatic rings. The zero-order valence-electron chi connectivity index (χ0n) is 11.7. The van der Waals surface area contributed by atoms with E-state index in [1.165, 1.54) is 32.1 Å². The highest BCUT2D eigenvalue weighted by atomic mass is 16.5. The Kier molecular flexibility index (Phi) is 11.6. The summed E-state index contributed by atoms with van der Waals surface area (Å²) in [6.45, 7) is 8.18. The summed E-state index contributed by atoms with van der Waals surface area (Å²) in [5.41, 5.74) is 0. The predicted octanol–water partition coefficient (Wildman–Crippen LogP) is 3.79. The van der Waals surface area contributed by atoms with Crippen LogP contribution in [0.4, 0.5) is 0 Å². The first-order valence-corrected chi connectivity index (χ1v) is 6.87. The van der Waals surface area contributed by atoms with Crippen LogP contribution in [-0.4, -0.2) is 25.4 Å². The minimum absolute atomic E-state index is 0.536. The molecule has 2 saturated heterocycles. The topological polar surface area (TPSA) is 18.5 Å². The molecular formula is C15H28O2. The average Bonchev–Trinajstić information content (AvgIpc) is 2.82. The lowest BCUT2D eigenvalue weighted by Gasteiger charge is -2.17. The molecule has 2 nitrogen and oxygen atoms in total. The molecule has 0 N–H and O–H groups in total. The van der Waals surface area contributed by atoms with Crippen molar-refractivity contribution in [1.29, 1.82) is 0 Å². The van der Waals surface area contributed by atoms with Crippen molar-refractivity contribution in [3.63, 3.8) is 0 Å². The van der Waals surface area contributed by atoms with E-state index in [2.05, 4.69) is 19.8 Å². The van der Waals surface area contributed by atoms with E-state index in [0.29, 0.717) is 12.2 Å². The van der Waals surface area contributed by atoms with Gasteiger partial charge in [0.15, 0.2) is 0 Å². The average molecular weight is 240 g/mol. The predicted molar refractivity (Wildman–Crippen MR) is 73.0 cm³/mol. The molecule has 0 aliphatic carbocycles. The third-order valence-corrected chi connectivity index (χ3v) is 2.77. The van der Waals surface area contributed by atoms with E-state index in [9.17, 15) is 0 Å². The smallest absolute Gasteiger partial charge is 0.0547 e. The van der Waals surface area contributed by atoms with Crippen LogP contribution in [0.3, 0.4) is 0 Å². The molecular weight excluding hydrogens is 212 g/mol. The summed E-state index contributed by atoms with van der Waals surface area (Å²) >= 11 is 0. The third-order valence-electron chi connectivity index (χ3n) is 2.77. The monoisotopic (exact) mass is 240 g/mol. The van der Waals surface area contributed by atoms with Crippen LogP contribution in [0.5, 0.6) is 0 Å². The second kappa shape index (κ2) is 12.0. The first-order valence-electron chi connectivity index (χ1n) is 6.87. The fourth-order valence-electron chi connectivity index (χ4n) is 1.64. The standard InChI is InChI=1S/C6H12O.C5H10O.C4H6/c1-6-4-2-3-5-7-6;1-5-3-2-4-6-5;1-3-4-2/h6H,2-5H2,1H3;5H,2-4H2,1H3;1H,4H2,2H3. The van der Waals surface area contributed by atoms with Crippen molar-refractivity contribution in [3.8, 4) is 12.3 Å². The molecule has 2 fully saturated rings. The Bertz CT molecular complexity index is 184. The molecule has 0 aromatic carbocycles. The molecule has 0 spiro atoms. The van der Waals surface area contributed by atoms with E-state index in [0.717, 1.165) is 19.6 Å². The molecule has 2 heterocycles. The van der Waals surface area contributed by atoms with Crippen LogP contribution in [0.1, 0.15) is 59.3 Å². The summed E-state index contributed by atoms with van der Waals surface area (Å²) in [7, 11) is 0. The van der Waals surface area contributed by atoms with Crippen LogP contribution in [0.15, 0.2) is 0 Å². The van der Waals surface area contributed by atoms with E-state index < -0.39 is 0 Å². The summed E-state index contributed by atoms with van der Waals surface area (Å²) in [5, 5.41) is 0. The number of ether oxygens (including phenoxy) is 2. The quantitative estimate of drug-likeness (QED) is 0.600. The van der Waals surface area contributed by atoms with Gasteiger partial charge in [-0.2, -0.15) is 0 Å². The molecule has 0 amide bonds. The highest BCUT2D eigenvalue weighted by Gasteiger charge is 2.07. The molecule has 2 atom stereocenters. The zero-order valence-corrected chi connectivity index (χ0v) is 11.7. The van der Waals surface area contributed by atoms with Crippen molar-refractivity contribution < 1.29 is 9.47 Å².